The third-order valence-corrected chi connectivity index (χ3v) is 10.5. The maximum Gasteiger partial charge on any atom is 0.204 e. The zero-order chi connectivity index (χ0) is 38.6. The fourth-order valence-electron chi connectivity index (χ4n) is 7.68. The fraction of sp³-hybridized carbons (Fsp3) is 0.188. The number of aryl methyl sites for hydroxylation is 1. The van der Waals surface area contributed by atoms with Crippen molar-refractivity contribution in [1.29, 1.82) is 0 Å². The number of phenolic OH excluding ortho intramolecular Hbond substituents is 4. The molecular weight excluding hydrogens is 683 g/mol. The number of phenols is 4. The standard InChI is InChI=1S/C48H45N3O4/c1-5-13-31-17-10-11-18-38(31)36-19-12-20-37(29(36)3)48(50-28-30-15-8-7-9-16-30)51-47(49-4)35-24-22-33-25-32-21-23-34(26-40(32)41(33)27-35)42-39(14-6-2)43(52)45(54)46(55)44(42)53/h7-12,15-24,26-27,52-55H,4-6,13-14,25,28H2,1-3H3/b50-48-,51-47-. The Balaban J connectivity index is 1.33. The maximum absolute atomic E-state index is 11.0. The number of benzene rings is 6. The molecule has 1 aliphatic carbocycles. The van der Waals surface area contributed by atoms with E-state index in [9.17, 15) is 20.4 Å². The highest BCUT2D eigenvalue weighted by Gasteiger charge is 2.26. The van der Waals surface area contributed by atoms with Gasteiger partial charge in [-0.25, -0.2) is 9.98 Å². The van der Waals surface area contributed by atoms with Crippen molar-refractivity contribution in [3.8, 4) is 56.4 Å². The second-order valence-electron chi connectivity index (χ2n) is 14.0. The highest BCUT2D eigenvalue weighted by molar-refractivity contribution is 6.14. The van der Waals surface area contributed by atoms with Crippen LogP contribution in [-0.2, 0) is 25.8 Å². The van der Waals surface area contributed by atoms with E-state index in [1.807, 2.05) is 49.4 Å². The Morgan fingerprint density at radius 1 is 0.636 bits per heavy atom. The maximum atomic E-state index is 11.0. The van der Waals surface area contributed by atoms with Crippen molar-refractivity contribution in [2.45, 2.75) is 59.4 Å². The molecule has 0 heterocycles. The number of aromatic hydroxyl groups is 4. The molecule has 0 saturated carbocycles. The smallest absolute Gasteiger partial charge is 0.204 e. The molecule has 0 atom stereocenters. The molecule has 55 heavy (non-hydrogen) atoms. The molecule has 0 bridgehead atoms. The van der Waals surface area contributed by atoms with Crippen LogP contribution in [0.2, 0.25) is 0 Å². The van der Waals surface area contributed by atoms with Gasteiger partial charge in [-0.05, 0) is 101 Å². The lowest BCUT2D eigenvalue weighted by Crippen LogP contribution is -2.08. The van der Waals surface area contributed by atoms with E-state index in [2.05, 4.69) is 92.3 Å². The summed E-state index contributed by atoms with van der Waals surface area (Å²) in [6.45, 7) is 10.7. The van der Waals surface area contributed by atoms with E-state index in [0.29, 0.717) is 54.2 Å². The van der Waals surface area contributed by atoms with Gasteiger partial charge in [0, 0.05) is 22.3 Å². The van der Waals surface area contributed by atoms with Crippen LogP contribution >= 0.6 is 0 Å². The van der Waals surface area contributed by atoms with Crippen molar-refractivity contribution in [2.24, 2.45) is 15.0 Å². The van der Waals surface area contributed by atoms with E-state index in [1.54, 1.807) is 0 Å². The lowest BCUT2D eigenvalue weighted by atomic mass is 9.91. The number of nitrogens with zero attached hydrogens (tertiary/aromatic N) is 3. The Morgan fingerprint density at radius 2 is 1.31 bits per heavy atom. The molecule has 1 aliphatic rings. The normalized spacial score (nSPS) is 12.4. The minimum atomic E-state index is -0.746. The fourth-order valence-corrected chi connectivity index (χ4v) is 7.68. The number of fused-ring (bicyclic) bond motifs is 3. The molecule has 4 N–H and O–H groups in total. The van der Waals surface area contributed by atoms with Crippen molar-refractivity contribution in [3.05, 3.63) is 154 Å². The topological polar surface area (TPSA) is 118 Å². The van der Waals surface area contributed by atoms with Gasteiger partial charge in [-0.1, -0.05) is 124 Å². The average Bonchev–Trinajstić information content (AvgIpc) is 3.58. The quantitative estimate of drug-likeness (QED) is 0.0485. The highest BCUT2D eigenvalue weighted by Crippen LogP contribution is 2.52. The molecule has 6 aromatic rings. The Bertz CT molecular complexity index is 2480. The molecule has 0 aliphatic heterocycles. The molecule has 276 valence electrons. The summed E-state index contributed by atoms with van der Waals surface area (Å²) in [6, 6.07) is 37.0. The van der Waals surface area contributed by atoms with Crippen molar-refractivity contribution in [1.82, 2.24) is 0 Å². The van der Waals surface area contributed by atoms with E-state index in [0.717, 1.165) is 62.9 Å². The SMILES string of the molecule is C=N/C(=N\C(=N/Cc1ccccc1)c1cccc(-c2ccccc2CCC)c1C)c1ccc2c(c1)-c1cc(-c3c(O)c(O)c(O)c(O)c3CCC)ccc1C2. The minimum absolute atomic E-state index is 0.297. The summed E-state index contributed by atoms with van der Waals surface area (Å²) in [5.41, 5.74) is 13.0. The Hall–Kier alpha value is -6.47. The molecule has 0 saturated heterocycles. The van der Waals surface area contributed by atoms with Crippen LogP contribution in [0.4, 0.5) is 0 Å². The Kier molecular flexibility index (Phi) is 10.6. The van der Waals surface area contributed by atoms with Gasteiger partial charge < -0.3 is 20.4 Å². The first-order chi connectivity index (χ1) is 26.7. The Labute approximate surface area is 322 Å². The van der Waals surface area contributed by atoms with Gasteiger partial charge in [0.25, 0.3) is 0 Å². The van der Waals surface area contributed by atoms with Crippen LogP contribution in [0.3, 0.4) is 0 Å². The first kappa shape index (κ1) is 36.9. The van der Waals surface area contributed by atoms with E-state index in [-0.39, 0.29) is 0 Å². The van der Waals surface area contributed by atoms with Crippen molar-refractivity contribution in [2.75, 3.05) is 0 Å². The number of hydrogen-bond acceptors (Lipinski definition) is 5. The lowest BCUT2D eigenvalue weighted by Gasteiger charge is -2.17. The van der Waals surface area contributed by atoms with Crippen LogP contribution in [0.15, 0.2) is 124 Å². The molecule has 6 aromatic carbocycles. The van der Waals surface area contributed by atoms with Gasteiger partial charge in [0.2, 0.25) is 11.5 Å². The van der Waals surface area contributed by atoms with Gasteiger partial charge in [-0.15, -0.1) is 0 Å². The molecule has 0 radical (unpaired) electrons. The van der Waals surface area contributed by atoms with Gasteiger partial charge >= 0.3 is 0 Å². The van der Waals surface area contributed by atoms with Crippen molar-refractivity contribution < 1.29 is 20.4 Å². The van der Waals surface area contributed by atoms with Crippen LogP contribution < -0.4 is 0 Å². The molecule has 0 spiro atoms. The Morgan fingerprint density at radius 3 is 2.05 bits per heavy atom. The summed E-state index contributed by atoms with van der Waals surface area (Å²) < 4.78 is 0. The van der Waals surface area contributed by atoms with Crippen LogP contribution in [0, 0.1) is 6.92 Å². The van der Waals surface area contributed by atoms with Crippen LogP contribution in [0.5, 0.6) is 23.0 Å². The van der Waals surface area contributed by atoms with Gasteiger partial charge in [0.1, 0.15) is 0 Å². The highest BCUT2D eigenvalue weighted by atomic mass is 16.3. The van der Waals surface area contributed by atoms with Crippen LogP contribution in [-0.4, -0.2) is 38.8 Å². The lowest BCUT2D eigenvalue weighted by molar-refractivity contribution is 0.344. The number of rotatable bonds is 10. The molecule has 7 rings (SSSR count). The zero-order valence-corrected chi connectivity index (χ0v) is 31.5. The van der Waals surface area contributed by atoms with Crippen LogP contribution in [0.25, 0.3) is 33.4 Å². The van der Waals surface area contributed by atoms with E-state index in [1.165, 1.54) is 11.1 Å². The first-order valence-electron chi connectivity index (χ1n) is 18.8. The third kappa shape index (κ3) is 7.13. The molecular formula is C48H45N3O4. The van der Waals surface area contributed by atoms with Gasteiger partial charge in [-0.2, -0.15) is 0 Å². The molecule has 0 unspecified atom stereocenters. The third-order valence-electron chi connectivity index (χ3n) is 10.5. The summed E-state index contributed by atoms with van der Waals surface area (Å²) in [6.07, 6.45) is 3.81. The summed E-state index contributed by atoms with van der Waals surface area (Å²) in [5, 5.41) is 42.6. The first-order valence-corrected chi connectivity index (χ1v) is 18.8. The monoisotopic (exact) mass is 727 g/mol. The van der Waals surface area contributed by atoms with E-state index < -0.39 is 23.0 Å². The van der Waals surface area contributed by atoms with Gasteiger partial charge in [0.05, 0.1) is 6.54 Å². The minimum Gasteiger partial charge on any atom is -0.504 e. The number of amidine groups is 2. The summed E-state index contributed by atoms with van der Waals surface area (Å²) in [7, 11) is 0. The van der Waals surface area contributed by atoms with Gasteiger partial charge in [-0.3, -0.25) is 4.99 Å². The zero-order valence-electron chi connectivity index (χ0n) is 31.5. The molecule has 0 amide bonds. The number of aliphatic imine (C=N–C) groups is 3. The molecule has 7 heteroatoms. The number of hydrogen-bond donors (Lipinski definition) is 4. The predicted molar refractivity (Wildman–Crippen MR) is 224 cm³/mol. The largest absolute Gasteiger partial charge is 0.504 e. The second-order valence-corrected chi connectivity index (χ2v) is 14.0. The molecule has 0 fully saturated rings. The second kappa shape index (κ2) is 15.9. The molecule has 7 nitrogen and oxygen atoms in total. The van der Waals surface area contributed by atoms with Crippen LogP contribution in [0.1, 0.15) is 71.2 Å². The average molecular weight is 728 g/mol. The van der Waals surface area contributed by atoms with Crippen molar-refractivity contribution >= 4 is 18.4 Å². The summed E-state index contributed by atoms with van der Waals surface area (Å²) in [5.74, 6) is -1.36. The van der Waals surface area contributed by atoms with E-state index in [4.69, 9.17) is 9.98 Å². The molecule has 0 aromatic heterocycles. The predicted octanol–water partition coefficient (Wildman–Crippen LogP) is 10.7. The summed E-state index contributed by atoms with van der Waals surface area (Å²) in [4.78, 5) is 14.7. The van der Waals surface area contributed by atoms with Crippen molar-refractivity contribution in [3.63, 3.8) is 0 Å². The van der Waals surface area contributed by atoms with Gasteiger partial charge in [0.15, 0.2) is 23.2 Å². The van der Waals surface area contributed by atoms with E-state index >= 15 is 0 Å². The summed E-state index contributed by atoms with van der Waals surface area (Å²) >= 11 is 0.